The summed E-state index contributed by atoms with van der Waals surface area (Å²) in [5.41, 5.74) is -0.425. The van der Waals surface area contributed by atoms with Crippen LogP contribution in [0.15, 0.2) is 0 Å². The van der Waals surface area contributed by atoms with Crippen LogP contribution in [0.4, 0.5) is 4.79 Å². The number of halogens is 3. The number of ether oxygens (including phenoxy) is 2. The first-order valence-corrected chi connectivity index (χ1v) is 6.34. The van der Waals surface area contributed by atoms with Crippen LogP contribution in [0.3, 0.4) is 0 Å². The third-order valence-corrected chi connectivity index (χ3v) is 2.49. The SMILES string of the molecule is CC(C)(C)[C@H]1OC(=O)CN1C(=O)OCC(Cl)(Cl)Cl. The van der Waals surface area contributed by atoms with E-state index in [1.807, 2.05) is 20.8 Å². The molecule has 104 valence electrons. The summed E-state index contributed by atoms with van der Waals surface area (Å²) in [6, 6.07) is 0. The molecule has 1 heterocycles. The van der Waals surface area contributed by atoms with E-state index in [1.165, 1.54) is 4.90 Å². The van der Waals surface area contributed by atoms with Gasteiger partial charge in [0.25, 0.3) is 0 Å². The fourth-order valence-electron chi connectivity index (χ4n) is 1.48. The van der Waals surface area contributed by atoms with Crippen molar-refractivity contribution in [1.29, 1.82) is 0 Å². The predicted molar refractivity (Wildman–Crippen MR) is 67.7 cm³/mol. The second kappa shape index (κ2) is 5.31. The third kappa shape index (κ3) is 4.37. The summed E-state index contributed by atoms with van der Waals surface area (Å²) in [7, 11) is 0. The summed E-state index contributed by atoms with van der Waals surface area (Å²) in [6.45, 7) is 4.96. The number of carbonyl (C=O) groups is 2. The number of esters is 1. The highest BCUT2D eigenvalue weighted by molar-refractivity contribution is 6.67. The summed E-state index contributed by atoms with van der Waals surface area (Å²) in [5.74, 6) is -0.485. The topological polar surface area (TPSA) is 55.8 Å². The normalized spacial score (nSPS) is 20.9. The number of nitrogens with zero attached hydrogens (tertiary/aromatic N) is 1. The van der Waals surface area contributed by atoms with E-state index in [1.54, 1.807) is 0 Å². The van der Waals surface area contributed by atoms with Gasteiger partial charge in [-0.25, -0.2) is 4.79 Å². The van der Waals surface area contributed by atoms with Gasteiger partial charge >= 0.3 is 12.1 Å². The Hall–Kier alpha value is -0.390. The smallest absolute Gasteiger partial charge is 0.413 e. The number of rotatable bonds is 1. The Balaban J connectivity index is 2.69. The Morgan fingerprint density at radius 2 is 2.00 bits per heavy atom. The number of amides is 1. The average molecular weight is 319 g/mol. The van der Waals surface area contributed by atoms with Gasteiger partial charge in [0.2, 0.25) is 3.79 Å². The molecule has 1 aliphatic heterocycles. The van der Waals surface area contributed by atoms with Crippen LogP contribution in [0, 0.1) is 5.41 Å². The van der Waals surface area contributed by atoms with E-state index in [0.717, 1.165) is 0 Å². The van der Waals surface area contributed by atoms with Gasteiger partial charge in [-0.3, -0.25) is 9.69 Å². The maximum absolute atomic E-state index is 11.8. The van der Waals surface area contributed by atoms with Gasteiger partial charge in [0.05, 0.1) is 0 Å². The quantitative estimate of drug-likeness (QED) is 0.551. The average Bonchev–Trinajstić information content (AvgIpc) is 2.55. The lowest BCUT2D eigenvalue weighted by Gasteiger charge is -2.31. The molecule has 1 amide bonds. The molecule has 0 radical (unpaired) electrons. The molecule has 0 spiro atoms. The minimum atomic E-state index is -1.68. The Kier molecular flexibility index (Phi) is 4.62. The monoisotopic (exact) mass is 317 g/mol. The Morgan fingerprint density at radius 1 is 1.44 bits per heavy atom. The lowest BCUT2D eigenvalue weighted by atomic mass is 9.94. The highest BCUT2D eigenvalue weighted by Crippen LogP contribution is 2.31. The van der Waals surface area contributed by atoms with Gasteiger partial charge in [-0.2, -0.15) is 0 Å². The summed E-state index contributed by atoms with van der Waals surface area (Å²) in [4.78, 5) is 24.2. The standard InChI is InChI=1S/C10H14Cl3NO4/c1-9(2,3)7-14(4-6(15)18-7)8(16)17-5-10(11,12)13/h7H,4-5H2,1-3H3/t7-/m1/s1. The lowest BCUT2D eigenvalue weighted by Crippen LogP contribution is -2.44. The second-order valence-corrected chi connectivity index (χ2v) is 7.52. The molecule has 0 aromatic carbocycles. The molecule has 0 aliphatic carbocycles. The zero-order valence-electron chi connectivity index (χ0n) is 10.2. The molecule has 0 unspecified atom stereocenters. The first-order valence-electron chi connectivity index (χ1n) is 5.20. The van der Waals surface area contributed by atoms with E-state index in [4.69, 9.17) is 44.3 Å². The number of hydrogen-bond acceptors (Lipinski definition) is 4. The Bertz CT molecular complexity index is 348. The summed E-state index contributed by atoms with van der Waals surface area (Å²) in [6.07, 6.45) is -1.43. The maximum Gasteiger partial charge on any atom is 0.413 e. The number of cyclic esters (lactones) is 1. The lowest BCUT2D eigenvalue weighted by molar-refractivity contribution is -0.146. The minimum Gasteiger partial charge on any atom is -0.445 e. The molecule has 8 heteroatoms. The molecule has 0 aromatic heterocycles. The van der Waals surface area contributed by atoms with Crippen LogP contribution >= 0.6 is 34.8 Å². The highest BCUT2D eigenvalue weighted by atomic mass is 35.6. The summed E-state index contributed by atoms with van der Waals surface area (Å²) >= 11 is 16.4. The molecule has 0 aromatic rings. The van der Waals surface area contributed by atoms with Crippen LogP contribution in [0.1, 0.15) is 20.8 Å². The zero-order valence-corrected chi connectivity index (χ0v) is 12.5. The van der Waals surface area contributed by atoms with E-state index in [2.05, 4.69) is 0 Å². The Morgan fingerprint density at radius 3 is 2.44 bits per heavy atom. The predicted octanol–water partition coefficient (Wildman–Crippen LogP) is 2.72. The van der Waals surface area contributed by atoms with E-state index in [9.17, 15) is 9.59 Å². The largest absolute Gasteiger partial charge is 0.445 e. The van der Waals surface area contributed by atoms with E-state index in [0.29, 0.717) is 0 Å². The van der Waals surface area contributed by atoms with Crippen LogP contribution in [-0.2, 0) is 14.3 Å². The van der Waals surface area contributed by atoms with Gasteiger partial charge in [-0.15, -0.1) is 0 Å². The molecule has 1 rings (SSSR count). The fourth-order valence-corrected chi connectivity index (χ4v) is 1.64. The van der Waals surface area contributed by atoms with Crippen LogP contribution in [-0.4, -0.2) is 40.1 Å². The van der Waals surface area contributed by atoms with Gasteiger partial charge in [-0.1, -0.05) is 55.6 Å². The highest BCUT2D eigenvalue weighted by Gasteiger charge is 2.44. The molecule has 0 N–H and O–H groups in total. The third-order valence-electron chi connectivity index (χ3n) is 2.16. The molecule has 1 atom stereocenters. The van der Waals surface area contributed by atoms with Crippen molar-refractivity contribution in [3.63, 3.8) is 0 Å². The minimum absolute atomic E-state index is 0.166. The molecule has 1 aliphatic rings. The van der Waals surface area contributed by atoms with Gasteiger partial charge in [-0.05, 0) is 0 Å². The molecule has 0 saturated carbocycles. The van der Waals surface area contributed by atoms with Crippen molar-refractivity contribution in [3.8, 4) is 0 Å². The Labute approximate surface area is 120 Å². The van der Waals surface area contributed by atoms with Crippen molar-refractivity contribution in [3.05, 3.63) is 0 Å². The second-order valence-electron chi connectivity index (χ2n) is 5.01. The molecular formula is C10H14Cl3NO4. The first kappa shape index (κ1) is 15.7. The maximum atomic E-state index is 11.8. The van der Waals surface area contributed by atoms with Crippen molar-refractivity contribution in [2.45, 2.75) is 30.8 Å². The zero-order chi connectivity index (χ0) is 14.1. The first-order chi connectivity index (χ1) is 8.00. The molecule has 5 nitrogen and oxygen atoms in total. The van der Waals surface area contributed by atoms with Gasteiger partial charge in [0.15, 0.2) is 6.23 Å². The van der Waals surface area contributed by atoms with Crippen molar-refractivity contribution in [2.75, 3.05) is 13.2 Å². The van der Waals surface area contributed by atoms with Crippen LogP contribution in [0.5, 0.6) is 0 Å². The molecular weight excluding hydrogens is 304 g/mol. The van der Waals surface area contributed by atoms with Crippen molar-refractivity contribution in [2.24, 2.45) is 5.41 Å². The van der Waals surface area contributed by atoms with Gasteiger partial charge in [0.1, 0.15) is 13.2 Å². The van der Waals surface area contributed by atoms with Crippen LogP contribution in [0.2, 0.25) is 0 Å². The fraction of sp³-hybridized carbons (Fsp3) is 0.800. The van der Waals surface area contributed by atoms with E-state index >= 15 is 0 Å². The van der Waals surface area contributed by atoms with Crippen molar-refractivity contribution >= 4 is 46.9 Å². The van der Waals surface area contributed by atoms with Gasteiger partial charge in [0, 0.05) is 5.41 Å². The van der Waals surface area contributed by atoms with Crippen LogP contribution in [0.25, 0.3) is 0 Å². The molecule has 1 fully saturated rings. The number of hydrogen-bond donors (Lipinski definition) is 0. The van der Waals surface area contributed by atoms with E-state index in [-0.39, 0.29) is 6.54 Å². The number of alkyl halides is 3. The summed E-state index contributed by atoms with van der Waals surface area (Å²) in [5, 5.41) is 0. The van der Waals surface area contributed by atoms with E-state index < -0.39 is 34.1 Å². The molecule has 0 bridgehead atoms. The van der Waals surface area contributed by atoms with Crippen LogP contribution < -0.4 is 0 Å². The summed E-state index contributed by atoms with van der Waals surface area (Å²) < 4.78 is 8.22. The van der Waals surface area contributed by atoms with Crippen molar-refractivity contribution < 1.29 is 19.1 Å². The molecule has 1 saturated heterocycles. The molecule has 18 heavy (non-hydrogen) atoms. The number of carbonyl (C=O) groups excluding carboxylic acids is 2. The van der Waals surface area contributed by atoms with Crippen molar-refractivity contribution in [1.82, 2.24) is 4.90 Å². The van der Waals surface area contributed by atoms with Gasteiger partial charge < -0.3 is 9.47 Å².